The number of ether oxygens (including phenoxy) is 1. The molecule has 0 spiro atoms. The fourth-order valence-corrected chi connectivity index (χ4v) is 3.30. The Labute approximate surface area is 145 Å². The molecule has 3 aromatic carbocycles. The van der Waals surface area contributed by atoms with Crippen molar-refractivity contribution in [3.8, 4) is 5.75 Å². The van der Waals surface area contributed by atoms with Gasteiger partial charge in [-0.2, -0.15) is 0 Å². The van der Waals surface area contributed by atoms with Crippen molar-refractivity contribution >= 4 is 38.7 Å². The quantitative estimate of drug-likeness (QED) is 0.466. The van der Waals surface area contributed by atoms with Gasteiger partial charge in [-0.05, 0) is 32.9 Å². The van der Waals surface area contributed by atoms with Crippen LogP contribution in [0.15, 0.2) is 54.6 Å². The molecule has 4 aromatic rings. The van der Waals surface area contributed by atoms with Crippen LogP contribution in [0.25, 0.3) is 32.6 Å². The molecule has 0 atom stereocenters. The smallest absolute Gasteiger partial charge is 0.419 e. The van der Waals surface area contributed by atoms with E-state index in [0.29, 0.717) is 5.39 Å². The minimum atomic E-state index is -0.596. The molecule has 0 unspecified atom stereocenters. The van der Waals surface area contributed by atoms with E-state index in [1.165, 1.54) is 0 Å². The number of carbonyl (C=O) groups is 1. The van der Waals surface area contributed by atoms with E-state index in [0.717, 1.165) is 27.2 Å². The van der Waals surface area contributed by atoms with E-state index in [1.807, 2.05) is 69.3 Å². The van der Waals surface area contributed by atoms with Gasteiger partial charge in [-0.15, -0.1) is 0 Å². The number of aromatic hydroxyl groups is 1. The summed E-state index contributed by atoms with van der Waals surface area (Å²) in [6.45, 7) is 5.55. The molecule has 126 valence electrons. The molecule has 1 heterocycles. The van der Waals surface area contributed by atoms with E-state index in [1.54, 1.807) is 10.6 Å². The second-order valence-corrected chi connectivity index (χ2v) is 7.17. The molecular formula is C21H19NO3. The number of carbonyl (C=O) groups excluding carboxylic acids is 1. The van der Waals surface area contributed by atoms with Crippen LogP contribution in [0.2, 0.25) is 0 Å². The number of para-hydroxylation sites is 1. The molecule has 25 heavy (non-hydrogen) atoms. The SMILES string of the molecule is CC(C)(C)OC(=O)n1c2ccccc2c2cc(O)c3ccccc3c21. The van der Waals surface area contributed by atoms with Crippen molar-refractivity contribution in [3.63, 3.8) is 0 Å². The lowest BCUT2D eigenvalue weighted by atomic mass is 10.0. The number of hydrogen-bond acceptors (Lipinski definition) is 3. The van der Waals surface area contributed by atoms with E-state index in [2.05, 4.69) is 0 Å². The zero-order chi connectivity index (χ0) is 17.8. The predicted octanol–water partition coefficient (Wildman–Crippen LogP) is 5.44. The third kappa shape index (κ3) is 2.41. The van der Waals surface area contributed by atoms with Gasteiger partial charge in [0.25, 0.3) is 0 Å². The van der Waals surface area contributed by atoms with Gasteiger partial charge in [0.05, 0.1) is 11.0 Å². The monoisotopic (exact) mass is 333 g/mol. The molecule has 0 bridgehead atoms. The van der Waals surface area contributed by atoms with Gasteiger partial charge in [-0.1, -0.05) is 42.5 Å². The third-order valence-corrected chi connectivity index (χ3v) is 4.23. The van der Waals surface area contributed by atoms with E-state index in [9.17, 15) is 9.90 Å². The zero-order valence-corrected chi connectivity index (χ0v) is 14.4. The van der Waals surface area contributed by atoms with Crippen molar-refractivity contribution in [1.82, 2.24) is 4.57 Å². The summed E-state index contributed by atoms with van der Waals surface area (Å²) in [6.07, 6.45) is -0.422. The average Bonchev–Trinajstić information content (AvgIpc) is 2.88. The van der Waals surface area contributed by atoms with E-state index >= 15 is 0 Å². The van der Waals surface area contributed by atoms with Crippen LogP contribution in [-0.2, 0) is 4.74 Å². The fourth-order valence-electron chi connectivity index (χ4n) is 3.30. The predicted molar refractivity (Wildman–Crippen MR) is 100 cm³/mol. The first-order valence-corrected chi connectivity index (χ1v) is 8.24. The van der Waals surface area contributed by atoms with Crippen LogP contribution >= 0.6 is 0 Å². The van der Waals surface area contributed by atoms with E-state index < -0.39 is 11.7 Å². The Kier molecular flexibility index (Phi) is 3.25. The second kappa shape index (κ2) is 5.24. The number of benzene rings is 3. The first-order valence-electron chi connectivity index (χ1n) is 8.24. The number of nitrogens with zero attached hydrogens (tertiary/aromatic N) is 1. The molecule has 4 nitrogen and oxygen atoms in total. The molecule has 0 saturated heterocycles. The molecule has 4 heteroatoms. The topological polar surface area (TPSA) is 51.5 Å². The lowest BCUT2D eigenvalue weighted by Crippen LogP contribution is -2.27. The van der Waals surface area contributed by atoms with Gasteiger partial charge in [0.2, 0.25) is 0 Å². The summed E-state index contributed by atoms with van der Waals surface area (Å²) in [7, 11) is 0. The van der Waals surface area contributed by atoms with Crippen LogP contribution in [0.5, 0.6) is 5.75 Å². The Morgan fingerprint density at radius 1 is 0.920 bits per heavy atom. The van der Waals surface area contributed by atoms with Gasteiger partial charge in [0.1, 0.15) is 11.4 Å². The van der Waals surface area contributed by atoms with Crippen molar-refractivity contribution in [2.24, 2.45) is 0 Å². The first kappa shape index (κ1) is 15.5. The Bertz CT molecular complexity index is 1130. The highest BCUT2D eigenvalue weighted by molar-refractivity contribution is 6.22. The molecule has 0 saturated carbocycles. The van der Waals surface area contributed by atoms with Crippen LogP contribution in [-0.4, -0.2) is 21.4 Å². The Balaban J connectivity index is 2.19. The largest absolute Gasteiger partial charge is 0.507 e. The Hall–Kier alpha value is -3.01. The Morgan fingerprint density at radius 2 is 1.52 bits per heavy atom. The summed E-state index contributed by atoms with van der Waals surface area (Å²) in [4.78, 5) is 13.0. The standard InChI is InChI=1S/C21H19NO3/c1-21(2,3)25-20(24)22-17-11-7-6-8-13(17)16-12-18(23)14-9-4-5-10-15(14)19(16)22/h4-12,23H,1-3H3. The molecule has 0 fully saturated rings. The lowest BCUT2D eigenvalue weighted by Gasteiger charge is -2.20. The second-order valence-electron chi connectivity index (χ2n) is 7.17. The van der Waals surface area contributed by atoms with E-state index in [4.69, 9.17) is 4.74 Å². The van der Waals surface area contributed by atoms with Gasteiger partial charge < -0.3 is 9.84 Å². The summed E-state index contributed by atoms with van der Waals surface area (Å²) >= 11 is 0. The minimum Gasteiger partial charge on any atom is -0.507 e. The summed E-state index contributed by atoms with van der Waals surface area (Å²) in [5, 5.41) is 13.7. The minimum absolute atomic E-state index is 0.204. The van der Waals surface area contributed by atoms with Crippen LogP contribution in [0.3, 0.4) is 0 Å². The number of rotatable bonds is 0. The summed E-state index contributed by atoms with van der Waals surface area (Å²) < 4.78 is 7.25. The highest BCUT2D eigenvalue weighted by atomic mass is 16.6. The molecule has 0 aliphatic heterocycles. The van der Waals surface area contributed by atoms with Crippen LogP contribution in [0.4, 0.5) is 4.79 Å². The van der Waals surface area contributed by atoms with Crippen molar-refractivity contribution in [1.29, 1.82) is 0 Å². The van der Waals surface area contributed by atoms with Crippen LogP contribution in [0, 0.1) is 0 Å². The number of phenols is 1. The van der Waals surface area contributed by atoms with Crippen molar-refractivity contribution in [3.05, 3.63) is 54.6 Å². The van der Waals surface area contributed by atoms with Gasteiger partial charge in [-0.3, -0.25) is 0 Å². The molecule has 0 amide bonds. The van der Waals surface area contributed by atoms with Gasteiger partial charge >= 0.3 is 6.09 Å². The maximum Gasteiger partial charge on any atom is 0.419 e. The lowest BCUT2D eigenvalue weighted by molar-refractivity contribution is 0.0551. The molecular weight excluding hydrogens is 314 g/mol. The normalized spacial score (nSPS) is 12.1. The molecule has 0 radical (unpaired) electrons. The summed E-state index contributed by atoms with van der Waals surface area (Å²) in [5.41, 5.74) is 0.924. The van der Waals surface area contributed by atoms with Crippen molar-refractivity contribution < 1.29 is 14.6 Å². The van der Waals surface area contributed by atoms with Crippen molar-refractivity contribution in [2.75, 3.05) is 0 Å². The molecule has 1 N–H and O–H groups in total. The third-order valence-electron chi connectivity index (χ3n) is 4.23. The van der Waals surface area contributed by atoms with Crippen molar-refractivity contribution in [2.45, 2.75) is 26.4 Å². The summed E-state index contributed by atoms with van der Waals surface area (Å²) in [5.74, 6) is 0.204. The molecule has 1 aromatic heterocycles. The van der Waals surface area contributed by atoms with Crippen LogP contribution in [0.1, 0.15) is 20.8 Å². The highest BCUT2D eigenvalue weighted by Gasteiger charge is 2.24. The van der Waals surface area contributed by atoms with Gasteiger partial charge in [-0.25, -0.2) is 9.36 Å². The number of hydrogen-bond donors (Lipinski definition) is 1. The number of fused-ring (bicyclic) bond motifs is 5. The molecule has 0 aliphatic rings. The Morgan fingerprint density at radius 3 is 2.20 bits per heavy atom. The maximum absolute atomic E-state index is 13.0. The molecule has 0 aliphatic carbocycles. The summed E-state index contributed by atoms with van der Waals surface area (Å²) in [6, 6.07) is 16.9. The number of aromatic nitrogens is 1. The van der Waals surface area contributed by atoms with Gasteiger partial charge in [0, 0.05) is 21.5 Å². The van der Waals surface area contributed by atoms with Crippen LogP contribution < -0.4 is 0 Å². The number of phenolic OH excluding ortho intramolecular Hbond substituents is 1. The highest BCUT2D eigenvalue weighted by Crippen LogP contribution is 2.38. The average molecular weight is 333 g/mol. The van der Waals surface area contributed by atoms with Gasteiger partial charge in [0.15, 0.2) is 0 Å². The van der Waals surface area contributed by atoms with E-state index in [-0.39, 0.29) is 5.75 Å². The maximum atomic E-state index is 13.0. The fraction of sp³-hybridized carbons (Fsp3) is 0.190. The first-order chi connectivity index (χ1) is 11.9. The zero-order valence-electron chi connectivity index (χ0n) is 14.4. The molecule has 4 rings (SSSR count).